The monoisotopic (exact) mass is 387 g/mol. The van der Waals surface area contributed by atoms with E-state index in [0.717, 1.165) is 34.4 Å². The maximum atomic E-state index is 6.25. The van der Waals surface area contributed by atoms with Crippen LogP contribution in [0.5, 0.6) is 5.75 Å². The maximum absolute atomic E-state index is 6.25. The number of aromatic nitrogens is 3. The molecule has 0 aliphatic carbocycles. The molecule has 1 aliphatic rings. The number of benzene rings is 2. The van der Waals surface area contributed by atoms with Gasteiger partial charge in [0.25, 0.3) is 0 Å². The standard InChI is InChI=1S/C19H18ClN3O2S/c1-13-21-22-19(23(13)9-14-5-3-2-4-6-14)26-11-16-8-17(20)7-15-10-24-12-25-18(15)16/h2-8H,9-12H2,1H3. The highest BCUT2D eigenvalue weighted by atomic mass is 35.5. The van der Waals surface area contributed by atoms with Gasteiger partial charge in [-0.15, -0.1) is 10.2 Å². The summed E-state index contributed by atoms with van der Waals surface area (Å²) >= 11 is 7.88. The first-order valence-corrected chi connectivity index (χ1v) is 9.65. The van der Waals surface area contributed by atoms with Gasteiger partial charge in [0.15, 0.2) is 11.9 Å². The van der Waals surface area contributed by atoms with Crippen molar-refractivity contribution in [2.45, 2.75) is 31.0 Å². The largest absolute Gasteiger partial charge is 0.467 e. The van der Waals surface area contributed by atoms with Gasteiger partial charge in [-0.1, -0.05) is 53.7 Å². The molecule has 134 valence electrons. The van der Waals surface area contributed by atoms with Crippen molar-refractivity contribution in [3.63, 3.8) is 0 Å². The Labute approximate surface area is 161 Å². The molecule has 1 aromatic heterocycles. The summed E-state index contributed by atoms with van der Waals surface area (Å²) in [5.74, 6) is 2.48. The van der Waals surface area contributed by atoms with E-state index in [9.17, 15) is 0 Å². The lowest BCUT2D eigenvalue weighted by Gasteiger charge is -2.21. The van der Waals surface area contributed by atoms with Crippen LogP contribution in [0.25, 0.3) is 0 Å². The fourth-order valence-electron chi connectivity index (χ4n) is 2.92. The molecule has 0 radical (unpaired) electrons. The average molecular weight is 388 g/mol. The second-order valence-corrected chi connectivity index (χ2v) is 7.43. The number of nitrogens with zero attached hydrogens (tertiary/aromatic N) is 3. The molecule has 7 heteroatoms. The van der Waals surface area contributed by atoms with E-state index in [1.165, 1.54) is 5.56 Å². The molecule has 0 unspecified atom stereocenters. The van der Waals surface area contributed by atoms with Gasteiger partial charge in [-0.05, 0) is 24.6 Å². The molecule has 0 saturated heterocycles. The fraction of sp³-hybridized carbons (Fsp3) is 0.263. The molecule has 0 saturated carbocycles. The van der Waals surface area contributed by atoms with Crippen LogP contribution in [0, 0.1) is 6.92 Å². The van der Waals surface area contributed by atoms with E-state index in [-0.39, 0.29) is 6.79 Å². The molecule has 0 N–H and O–H groups in total. The predicted octanol–water partition coefficient (Wildman–Crippen LogP) is 4.45. The third kappa shape index (κ3) is 3.72. The van der Waals surface area contributed by atoms with Gasteiger partial charge in [0.05, 0.1) is 13.2 Å². The van der Waals surface area contributed by atoms with E-state index in [1.54, 1.807) is 11.8 Å². The molecule has 0 spiro atoms. The summed E-state index contributed by atoms with van der Waals surface area (Å²) in [7, 11) is 0. The smallest absolute Gasteiger partial charge is 0.191 e. The van der Waals surface area contributed by atoms with Crippen LogP contribution in [0.1, 0.15) is 22.5 Å². The summed E-state index contributed by atoms with van der Waals surface area (Å²) in [6.07, 6.45) is 0. The van der Waals surface area contributed by atoms with Gasteiger partial charge in [0.1, 0.15) is 11.6 Å². The van der Waals surface area contributed by atoms with Crippen LogP contribution in [-0.2, 0) is 23.6 Å². The van der Waals surface area contributed by atoms with Gasteiger partial charge < -0.3 is 14.0 Å². The molecule has 26 heavy (non-hydrogen) atoms. The van der Waals surface area contributed by atoms with Crippen LogP contribution in [0.3, 0.4) is 0 Å². The number of hydrogen-bond acceptors (Lipinski definition) is 5. The highest BCUT2D eigenvalue weighted by Crippen LogP contribution is 2.35. The predicted molar refractivity (Wildman–Crippen MR) is 102 cm³/mol. The molecule has 0 amide bonds. The van der Waals surface area contributed by atoms with Gasteiger partial charge in [-0.3, -0.25) is 0 Å². The van der Waals surface area contributed by atoms with E-state index >= 15 is 0 Å². The number of aryl methyl sites for hydroxylation is 1. The van der Waals surface area contributed by atoms with E-state index in [4.69, 9.17) is 21.1 Å². The van der Waals surface area contributed by atoms with E-state index < -0.39 is 0 Å². The molecule has 0 fully saturated rings. The van der Waals surface area contributed by atoms with Crippen LogP contribution in [-0.4, -0.2) is 21.6 Å². The molecule has 2 heterocycles. The number of thioether (sulfide) groups is 1. The quantitative estimate of drug-likeness (QED) is 0.605. The van der Waals surface area contributed by atoms with Gasteiger partial charge in [0.2, 0.25) is 0 Å². The Morgan fingerprint density at radius 1 is 1.19 bits per heavy atom. The lowest BCUT2D eigenvalue weighted by atomic mass is 10.1. The average Bonchev–Trinajstić information content (AvgIpc) is 3.00. The van der Waals surface area contributed by atoms with Crippen molar-refractivity contribution in [3.05, 3.63) is 70.0 Å². The third-order valence-electron chi connectivity index (χ3n) is 4.19. The van der Waals surface area contributed by atoms with Crippen molar-refractivity contribution >= 4 is 23.4 Å². The zero-order chi connectivity index (χ0) is 17.9. The summed E-state index contributed by atoms with van der Waals surface area (Å²) in [5, 5.41) is 10.2. The first kappa shape index (κ1) is 17.4. The van der Waals surface area contributed by atoms with Gasteiger partial charge >= 0.3 is 0 Å². The van der Waals surface area contributed by atoms with Crippen molar-refractivity contribution in [1.29, 1.82) is 0 Å². The van der Waals surface area contributed by atoms with Crippen molar-refractivity contribution in [2.75, 3.05) is 6.79 Å². The first-order chi connectivity index (χ1) is 12.7. The van der Waals surface area contributed by atoms with Gasteiger partial charge in [0, 0.05) is 21.9 Å². The summed E-state index contributed by atoms with van der Waals surface area (Å²) in [4.78, 5) is 0. The second kappa shape index (κ2) is 7.70. The minimum Gasteiger partial charge on any atom is -0.467 e. The lowest BCUT2D eigenvalue weighted by molar-refractivity contribution is -0.0168. The highest BCUT2D eigenvalue weighted by Gasteiger charge is 2.18. The summed E-state index contributed by atoms with van der Waals surface area (Å²) in [6, 6.07) is 14.2. The normalized spacial score (nSPS) is 13.3. The Hall–Kier alpha value is -2.02. The second-order valence-electron chi connectivity index (χ2n) is 6.05. The topological polar surface area (TPSA) is 49.2 Å². The Bertz CT molecular complexity index is 915. The molecule has 0 atom stereocenters. The number of ether oxygens (including phenoxy) is 2. The maximum Gasteiger partial charge on any atom is 0.191 e. The highest BCUT2D eigenvalue weighted by molar-refractivity contribution is 7.98. The molecular formula is C19H18ClN3O2S. The third-order valence-corrected chi connectivity index (χ3v) is 5.43. The number of fused-ring (bicyclic) bond motifs is 1. The first-order valence-electron chi connectivity index (χ1n) is 8.29. The molecule has 4 rings (SSSR count). The van der Waals surface area contributed by atoms with Gasteiger partial charge in [-0.2, -0.15) is 0 Å². The molecule has 2 aromatic carbocycles. The summed E-state index contributed by atoms with van der Waals surface area (Å²) in [6.45, 7) is 3.52. The Morgan fingerprint density at radius 2 is 2.04 bits per heavy atom. The van der Waals surface area contributed by atoms with Crippen molar-refractivity contribution < 1.29 is 9.47 Å². The lowest BCUT2D eigenvalue weighted by Crippen LogP contribution is -2.13. The van der Waals surface area contributed by atoms with Crippen LogP contribution in [0.15, 0.2) is 47.6 Å². The Morgan fingerprint density at radius 3 is 2.88 bits per heavy atom. The van der Waals surface area contributed by atoms with Crippen LogP contribution in [0.2, 0.25) is 5.02 Å². The van der Waals surface area contributed by atoms with Crippen molar-refractivity contribution in [1.82, 2.24) is 14.8 Å². The Balaban J connectivity index is 1.55. The molecule has 0 bridgehead atoms. The summed E-state index contributed by atoms with van der Waals surface area (Å²) < 4.78 is 13.2. The number of rotatable bonds is 5. The molecule has 5 nitrogen and oxygen atoms in total. The summed E-state index contributed by atoms with van der Waals surface area (Å²) in [5.41, 5.74) is 3.26. The van der Waals surface area contributed by atoms with Crippen LogP contribution < -0.4 is 4.74 Å². The SMILES string of the molecule is Cc1nnc(SCc2cc(Cl)cc3c2OCOC3)n1Cc1ccccc1. The van der Waals surface area contributed by atoms with Crippen LogP contribution in [0.4, 0.5) is 0 Å². The fourth-order valence-corrected chi connectivity index (χ4v) is 4.14. The molecule has 3 aromatic rings. The minimum atomic E-state index is 0.273. The number of hydrogen-bond donors (Lipinski definition) is 0. The van der Waals surface area contributed by atoms with E-state index in [0.29, 0.717) is 17.4 Å². The van der Waals surface area contributed by atoms with Gasteiger partial charge in [-0.25, -0.2) is 0 Å². The zero-order valence-electron chi connectivity index (χ0n) is 14.3. The number of halogens is 1. The van der Waals surface area contributed by atoms with E-state index in [1.807, 2.05) is 37.3 Å². The zero-order valence-corrected chi connectivity index (χ0v) is 15.9. The van der Waals surface area contributed by atoms with Crippen molar-refractivity contribution in [3.8, 4) is 5.75 Å². The molecule has 1 aliphatic heterocycles. The van der Waals surface area contributed by atoms with Crippen molar-refractivity contribution in [2.24, 2.45) is 0 Å². The van der Waals surface area contributed by atoms with E-state index in [2.05, 4.69) is 26.9 Å². The Kier molecular flexibility index (Phi) is 5.15. The van der Waals surface area contributed by atoms with Crippen LogP contribution >= 0.6 is 23.4 Å². The molecular weight excluding hydrogens is 370 g/mol. The minimum absolute atomic E-state index is 0.273.